The predicted octanol–water partition coefficient (Wildman–Crippen LogP) is 2.65. The smallest absolute Gasteiger partial charge is 0.408 e. The third-order valence-corrected chi connectivity index (χ3v) is 4.55. The number of primary amides is 1. The van der Waals surface area contributed by atoms with Crippen molar-refractivity contribution in [2.75, 3.05) is 0 Å². The van der Waals surface area contributed by atoms with Crippen LogP contribution in [0, 0.1) is 0 Å². The van der Waals surface area contributed by atoms with Gasteiger partial charge in [0.15, 0.2) is 0 Å². The van der Waals surface area contributed by atoms with E-state index in [4.69, 9.17) is 10.5 Å². The van der Waals surface area contributed by atoms with Crippen molar-refractivity contribution in [3.63, 3.8) is 0 Å². The van der Waals surface area contributed by atoms with Crippen molar-refractivity contribution in [1.82, 2.24) is 15.5 Å². The highest BCUT2D eigenvalue weighted by Gasteiger charge is 2.37. The summed E-state index contributed by atoms with van der Waals surface area (Å²) in [5.74, 6) is -1.46. The van der Waals surface area contributed by atoms with E-state index in [0.29, 0.717) is 5.56 Å². The minimum atomic E-state index is -1.10. The van der Waals surface area contributed by atoms with Crippen LogP contribution in [0.5, 0.6) is 0 Å². The molecule has 4 amide bonds. The average Bonchev–Trinajstić information content (AvgIpc) is 2.66. The number of benzene rings is 1. The number of ether oxygens (including phenoxy) is 1. The first kappa shape index (κ1) is 27.9. The van der Waals surface area contributed by atoms with Gasteiger partial charge in [-0.3, -0.25) is 14.4 Å². The second-order valence-corrected chi connectivity index (χ2v) is 9.52. The lowest BCUT2D eigenvalue weighted by Gasteiger charge is -2.37. The summed E-state index contributed by atoms with van der Waals surface area (Å²) >= 11 is 0. The molecular weight excluding hydrogens is 424 g/mol. The van der Waals surface area contributed by atoms with Gasteiger partial charge in [-0.2, -0.15) is 0 Å². The lowest BCUT2D eigenvalue weighted by molar-refractivity contribution is -0.145. The molecule has 1 aromatic rings. The summed E-state index contributed by atoms with van der Waals surface area (Å²) in [6, 6.07) is 6.37. The van der Waals surface area contributed by atoms with Gasteiger partial charge >= 0.3 is 6.09 Å². The molecule has 0 saturated carbocycles. The van der Waals surface area contributed by atoms with Gasteiger partial charge in [-0.1, -0.05) is 30.3 Å². The molecule has 0 aliphatic rings. The summed E-state index contributed by atoms with van der Waals surface area (Å²) in [6.45, 7) is 12.4. The fourth-order valence-electron chi connectivity index (χ4n) is 3.29. The molecule has 0 aliphatic carbocycles. The molecule has 33 heavy (non-hydrogen) atoms. The lowest BCUT2D eigenvalue weighted by atomic mass is 9.99. The van der Waals surface area contributed by atoms with E-state index in [-0.39, 0.29) is 24.8 Å². The van der Waals surface area contributed by atoms with E-state index in [0.717, 1.165) is 0 Å². The van der Waals surface area contributed by atoms with E-state index in [2.05, 4.69) is 10.6 Å². The molecule has 184 valence electrons. The summed E-state index contributed by atoms with van der Waals surface area (Å²) < 4.78 is 5.29. The maximum absolute atomic E-state index is 13.7. The normalized spacial score (nSPS) is 13.2. The van der Waals surface area contributed by atoms with Crippen LogP contribution in [0.25, 0.3) is 0 Å². The summed E-state index contributed by atoms with van der Waals surface area (Å²) in [7, 11) is 0. The van der Waals surface area contributed by atoms with Crippen LogP contribution in [-0.2, 0) is 19.1 Å². The first-order valence-electron chi connectivity index (χ1n) is 11.2. The van der Waals surface area contributed by atoms with Crippen molar-refractivity contribution < 1.29 is 23.9 Å². The molecule has 0 fully saturated rings. The second-order valence-electron chi connectivity index (χ2n) is 9.52. The molecular formula is C24H38N4O5. The Balaban J connectivity index is 3.38. The number of amides is 4. The van der Waals surface area contributed by atoms with Gasteiger partial charge in [0.25, 0.3) is 0 Å². The van der Waals surface area contributed by atoms with E-state index < -0.39 is 41.6 Å². The molecule has 0 bridgehead atoms. The lowest BCUT2D eigenvalue weighted by Crippen LogP contribution is -2.55. The zero-order valence-corrected chi connectivity index (χ0v) is 20.7. The fraction of sp³-hybridized carbons (Fsp3) is 0.583. The van der Waals surface area contributed by atoms with Crippen LogP contribution in [0.2, 0.25) is 0 Å². The topological polar surface area (TPSA) is 131 Å². The fourth-order valence-corrected chi connectivity index (χ4v) is 3.29. The van der Waals surface area contributed by atoms with Gasteiger partial charge in [0, 0.05) is 18.5 Å². The highest BCUT2D eigenvalue weighted by Crippen LogP contribution is 2.25. The van der Waals surface area contributed by atoms with Crippen LogP contribution in [0.4, 0.5) is 4.79 Å². The van der Waals surface area contributed by atoms with Crippen molar-refractivity contribution in [3.8, 4) is 0 Å². The van der Waals surface area contributed by atoms with Crippen molar-refractivity contribution in [3.05, 3.63) is 35.9 Å². The van der Waals surface area contributed by atoms with E-state index in [1.165, 1.54) is 4.90 Å². The molecule has 0 radical (unpaired) electrons. The van der Waals surface area contributed by atoms with E-state index in [9.17, 15) is 19.2 Å². The van der Waals surface area contributed by atoms with Crippen LogP contribution < -0.4 is 16.4 Å². The Hall–Kier alpha value is -3.10. The molecule has 1 aromatic carbocycles. The Morgan fingerprint density at radius 3 is 2.03 bits per heavy atom. The third-order valence-electron chi connectivity index (χ3n) is 4.55. The number of carbonyl (C=O) groups excluding carboxylic acids is 4. The number of nitrogens with zero attached hydrogens (tertiary/aromatic N) is 1. The molecule has 9 nitrogen and oxygen atoms in total. The number of hydrogen-bond acceptors (Lipinski definition) is 5. The highest BCUT2D eigenvalue weighted by atomic mass is 16.6. The average molecular weight is 463 g/mol. The molecule has 0 spiro atoms. The Morgan fingerprint density at radius 1 is 1.00 bits per heavy atom. The van der Waals surface area contributed by atoms with Crippen LogP contribution in [-0.4, -0.2) is 52.4 Å². The largest absolute Gasteiger partial charge is 0.444 e. The first-order valence-corrected chi connectivity index (χ1v) is 11.2. The van der Waals surface area contributed by atoms with E-state index in [1.54, 1.807) is 58.9 Å². The van der Waals surface area contributed by atoms with Crippen LogP contribution >= 0.6 is 0 Å². The van der Waals surface area contributed by atoms with Gasteiger partial charge in [0.05, 0.1) is 0 Å². The maximum Gasteiger partial charge on any atom is 0.408 e. The monoisotopic (exact) mass is 462 g/mol. The predicted molar refractivity (Wildman–Crippen MR) is 126 cm³/mol. The zero-order valence-electron chi connectivity index (χ0n) is 20.7. The zero-order chi connectivity index (χ0) is 25.3. The van der Waals surface area contributed by atoms with Gasteiger partial charge in [-0.25, -0.2) is 4.79 Å². The van der Waals surface area contributed by atoms with E-state index in [1.807, 2.05) is 19.9 Å². The number of nitrogens with one attached hydrogen (secondary N) is 2. The van der Waals surface area contributed by atoms with Gasteiger partial charge in [-0.05, 0) is 60.5 Å². The van der Waals surface area contributed by atoms with Crippen molar-refractivity contribution >= 4 is 23.8 Å². The number of alkyl carbamates (subject to hydrolysis) is 1. The third kappa shape index (κ3) is 9.51. The van der Waals surface area contributed by atoms with Crippen LogP contribution in [0.3, 0.4) is 0 Å². The Morgan fingerprint density at radius 2 is 1.58 bits per heavy atom. The standard InChI is InChI=1S/C24H38N4O5/c1-15(2)26-21(30)20(17-11-9-8-10-12-17)28(16(3)4)22(31)18(13-14-19(25)29)27-23(32)33-24(5,6)7/h8-12,15-16,18,20H,13-14H2,1-7H3,(H2,25,29)(H,26,30)(H,27,32). The molecule has 2 unspecified atom stereocenters. The minimum absolute atomic E-state index is 0.0239. The molecule has 0 saturated heterocycles. The minimum Gasteiger partial charge on any atom is -0.444 e. The summed E-state index contributed by atoms with van der Waals surface area (Å²) in [4.78, 5) is 52.2. The summed E-state index contributed by atoms with van der Waals surface area (Å²) in [5.41, 5.74) is 5.14. The SMILES string of the molecule is CC(C)NC(=O)C(c1ccccc1)N(C(=O)C(CCC(N)=O)NC(=O)OC(C)(C)C)C(C)C. The maximum atomic E-state index is 13.7. The summed E-state index contributed by atoms with van der Waals surface area (Å²) in [6.07, 6.45) is -0.937. The first-order chi connectivity index (χ1) is 15.2. The van der Waals surface area contributed by atoms with Crippen LogP contribution in [0.1, 0.15) is 72.9 Å². The van der Waals surface area contributed by atoms with Crippen molar-refractivity contribution in [2.45, 2.75) is 91.1 Å². The number of carbonyl (C=O) groups is 4. The second kappa shape index (κ2) is 12.2. The molecule has 0 aromatic heterocycles. The molecule has 0 aliphatic heterocycles. The Labute approximate surface area is 196 Å². The molecule has 9 heteroatoms. The Bertz CT molecular complexity index is 818. The molecule has 0 heterocycles. The van der Waals surface area contributed by atoms with Gasteiger partial charge < -0.3 is 26.0 Å². The molecule has 4 N–H and O–H groups in total. The van der Waals surface area contributed by atoms with Gasteiger partial charge in [0.2, 0.25) is 17.7 Å². The van der Waals surface area contributed by atoms with Gasteiger partial charge in [0.1, 0.15) is 17.7 Å². The van der Waals surface area contributed by atoms with Crippen molar-refractivity contribution in [1.29, 1.82) is 0 Å². The van der Waals surface area contributed by atoms with Crippen molar-refractivity contribution in [2.24, 2.45) is 5.73 Å². The number of hydrogen-bond donors (Lipinski definition) is 3. The van der Waals surface area contributed by atoms with Crippen LogP contribution in [0.15, 0.2) is 30.3 Å². The number of nitrogens with two attached hydrogens (primary N) is 1. The van der Waals surface area contributed by atoms with Gasteiger partial charge in [-0.15, -0.1) is 0 Å². The van der Waals surface area contributed by atoms with E-state index >= 15 is 0 Å². The molecule has 2 atom stereocenters. The summed E-state index contributed by atoms with van der Waals surface area (Å²) in [5, 5.41) is 5.43. The molecule has 1 rings (SSSR count). The quantitative estimate of drug-likeness (QED) is 0.492. The number of rotatable bonds is 10. The Kier molecular flexibility index (Phi) is 10.3. The highest BCUT2D eigenvalue weighted by molar-refractivity contribution is 5.92.